The van der Waals surface area contributed by atoms with Gasteiger partial charge >= 0.3 is 12.1 Å². The Kier molecular flexibility index (Phi) is 4.98. The molecule has 2 fully saturated rings. The standard InChI is InChI=1S/C17H24N2O4/c1-17(2,3)23-16(21)19-13-6-5-11(7-8-18)9-12(13)10-14(19)15(20)22-4/h7,12-14H,5-6,9-10H2,1-4H3/b11-7+/t12-,13-,14+/m1/s1. The summed E-state index contributed by atoms with van der Waals surface area (Å²) < 4.78 is 10.4. The molecule has 2 aliphatic rings. The van der Waals surface area contributed by atoms with E-state index in [1.807, 2.05) is 0 Å². The van der Waals surface area contributed by atoms with Crippen LogP contribution in [-0.4, -0.2) is 41.8 Å². The minimum atomic E-state index is -0.615. The summed E-state index contributed by atoms with van der Waals surface area (Å²) in [7, 11) is 1.33. The normalized spacial score (nSPS) is 28.9. The second kappa shape index (κ2) is 6.61. The number of likely N-dealkylation sites (tertiary alicyclic amines) is 1. The molecule has 3 atom stereocenters. The first-order valence-electron chi connectivity index (χ1n) is 7.93. The van der Waals surface area contributed by atoms with E-state index in [0.717, 1.165) is 24.8 Å². The maximum atomic E-state index is 12.6. The second-order valence-corrected chi connectivity index (χ2v) is 7.16. The molecule has 1 saturated heterocycles. The second-order valence-electron chi connectivity index (χ2n) is 7.16. The monoisotopic (exact) mass is 320 g/mol. The summed E-state index contributed by atoms with van der Waals surface area (Å²) in [4.78, 5) is 26.2. The molecule has 0 N–H and O–H groups in total. The molecule has 1 aliphatic heterocycles. The van der Waals surface area contributed by atoms with Gasteiger partial charge in [-0.25, -0.2) is 9.59 Å². The van der Waals surface area contributed by atoms with Crippen LogP contribution in [0.5, 0.6) is 0 Å². The van der Waals surface area contributed by atoms with Crippen LogP contribution in [0, 0.1) is 17.2 Å². The molecule has 2 rings (SSSR count). The lowest BCUT2D eigenvalue weighted by molar-refractivity contribution is -0.146. The van der Waals surface area contributed by atoms with E-state index >= 15 is 0 Å². The lowest BCUT2D eigenvalue weighted by Crippen LogP contribution is -2.48. The Morgan fingerprint density at radius 1 is 1.39 bits per heavy atom. The highest BCUT2D eigenvalue weighted by molar-refractivity contribution is 5.82. The van der Waals surface area contributed by atoms with Crippen LogP contribution < -0.4 is 0 Å². The van der Waals surface area contributed by atoms with Crippen LogP contribution in [-0.2, 0) is 14.3 Å². The van der Waals surface area contributed by atoms with Gasteiger partial charge < -0.3 is 9.47 Å². The Morgan fingerprint density at radius 2 is 2.09 bits per heavy atom. The molecule has 0 aromatic carbocycles. The highest BCUT2D eigenvalue weighted by atomic mass is 16.6. The van der Waals surface area contributed by atoms with Crippen molar-refractivity contribution >= 4 is 12.1 Å². The maximum absolute atomic E-state index is 12.6. The smallest absolute Gasteiger partial charge is 0.411 e. The van der Waals surface area contributed by atoms with Crippen LogP contribution in [0.1, 0.15) is 46.5 Å². The van der Waals surface area contributed by atoms with Gasteiger partial charge in [-0.2, -0.15) is 5.26 Å². The van der Waals surface area contributed by atoms with Gasteiger partial charge in [-0.05, 0) is 52.4 Å². The van der Waals surface area contributed by atoms with Gasteiger partial charge in [-0.3, -0.25) is 4.90 Å². The lowest BCUT2D eigenvalue weighted by atomic mass is 9.81. The van der Waals surface area contributed by atoms with Crippen molar-refractivity contribution < 1.29 is 19.1 Å². The van der Waals surface area contributed by atoms with Crippen molar-refractivity contribution in [1.29, 1.82) is 5.26 Å². The number of ether oxygens (including phenoxy) is 2. The Labute approximate surface area is 137 Å². The predicted octanol–water partition coefficient (Wildman–Crippen LogP) is 2.79. The summed E-state index contributed by atoms with van der Waals surface area (Å²) in [6, 6.07) is 1.43. The average molecular weight is 320 g/mol. The summed E-state index contributed by atoms with van der Waals surface area (Å²) >= 11 is 0. The van der Waals surface area contributed by atoms with E-state index in [1.165, 1.54) is 7.11 Å². The van der Waals surface area contributed by atoms with Gasteiger partial charge in [0.2, 0.25) is 0 Å². The zero-order valence-corrected chi connectivity index (χ0v) is 14.2. The third kappa shape index (κ3) is 3.84. The minimum absolute atomic E-state index is 0.0372. The van der Waals surface area contributed by atoms with Gasteiger partial charge in [-0.1, -0.05) is 5.57 Å². The SMILES string of the molecule is COC(=O)[C@@H]1C[C@H]2C/C(=C/C#N)CC[C@H]2N1C(=O)OC(C)(C)C. The Hall–Kier alpha value is -2.03. The average Bonchev–Trinajstić information content (AvgIpc) is 2.83. The van der Waals surface area contributed by atoms with Gasteiger partial charge in [0.25, 0.3) is 0 Å². The molecular formula is C17H24N2O4. The van der Waals surface area contributed by atoms with Gasteiger partial charge in [0.15, 0.2) is 0 Å². The molecular weight excluding hydrogens is 296 g/mol. The molecule has 1 amide bonds. The molecule has 1 heterocycles. The molecule has 126 valence electrons. The molecule has 6 heteroatoms. The largest absolute Gasteiger partial charge is 0.467 e. The van der Waals surface area contributed by atoms with E-state index in [2.05, 4.69) is 6.07 Å². The number of carbonyl (C=O) groups is 2. The fraction of sp³-hybridized carbons (Fsp3) is 0.706. The first-order valence-corrected chi connectivity index (χ1v) is 7.93. The van der Waals surface area contributed by atoms with Crippen LogP contribution in [0.4, 0.5) is 4.79 Å². The minimum Gasteiger partial charge on any atom is -0.467 e. The molecule has 0 radical (unpaired) electrons. The highest BCUT2D eigenvalue weighted by Crippen LogP contribution is 2.42. The number of hydrogen-bond acceptors (Lipinski definition) is 5. The van der Waals surface area contributed by atoms with E-state index in [9.17, 15) is 9.59 Å². The molecule has 23 heavy (non-hydrogen) atoms. The molecule has 1 saturated carbocycles. The van der Waals surface area contributed by atoms with Crippen molar-refractivity contribution in [1.82, 2.24) is 4.90 Å². The molecule has 6 nitrogen and oxygen atoms in total. The number of methoxy groups -OCH3 is 1. The van der Waals surface area contributed by atoms with E-state index < -0.39 is 23.7 Å². The van der Waals surface area contributed by atoms with Crippen LogP contribution in [0.25, 0.3) is 0 Å². The first kappa shape index (κ1) is 17.3. The molecule has 0 unspecified atom stereocenters. The van der Waals surface area contributed by atoms with Crippen LogP contribution in [0.2, 0.25) is 0 Å². The number of hydrogen-bond donors (Lipinski definition) is 0. The van der Waals surface area contributed by atoms with Crippen molar-refractivity contribution in [3.05, 3.63) is 11.6 Å². The molecule has 0 bridgehead atoms. The first-order chi connectivity index (χ1) is 10.8. The van der Waals surface area contributed by atoms with E-state index in [4.69, 9.17) is 14.7 Å². The van der Waals surface area contributed by atoms with Crippen LogP contribution in [0.3, 0.4) is 0 Å². The molecule has 0 aromatic heterocycles. The van der Waals surface area contributed by atoms with Gasteiger partial charge in [-0.15, -0.1) is 0 Å². The third-order valence-corrected chi connectivity index (χ3v) is 4.40. The Balaban J connectivity index is 2.23. The quantitative estimate of drug-likeness (QED) is 0.548. The number of allylic oxidation sites excluding steroid dienone is 2. The highest BCUT2D eigenvalue weighted by Gasteiger charge is 2.50. The van der Waals surface area contributed by atoms with Crippen molar-refractivity contribution in [2.24, 2.45) is 5.92 Å². The van der Waals surface area contributed by atoms with Crippen molar-refractivity contribution in [3.63, 3.8) is 0 Å². The van der Waals surface area contributed by atoms with E-state index in [-0.39, 0.29) is 12.0 Å². The summed E-state index contributed by atoms with van der Waals surface area (Å²) in [6.07, 6.45) is 3.92. The molecule has 0 aromatic rings. The number of carbonyl (C=O) groups excluding carboxylic acids is 2. The van der Waals surface area contributed by atoms with E-state index in [1.54, 1.807) is 31.7 Å². The fourth-order valence-corrected chi connectivity index (χ4v) is 3.53. The zero-order valence-electron chi connectivity index (χ0n) is 14.2. The lowest BCUT2D eigenvalue weighted by Gasteiger charge is -2.35. The number of rotatable bonds is 1. The summed E-state index contributed by atoms with van der Waals surface area (Å²) in [5, 5.41) is 8.82. The van der Waals surface area contributed by atoms with Gasteiger partial charge in [0.05, 0.1) is 13.2 Å². The Morgan fingerprint density at radius 3 is 2.65 bits per heavy atom. The summed E-state index contributed by atoms with van der Waals surface area (Å²) in [5.41, 5.74) is 0.472. The number of nitriles is 1. The van der Waals surface area contributed by atoms with Gasteiger partial charge in [0.1, 0.15) is 11.6 Å². The zero-order chi connectivity index (χ0) is 17.2. The maximum Gasteiger partial charge on any atom is 0.411 e. The fourth-order valence-electron chi connectivity index (χ4n) is 3.53. The van der Waals surface area contributed by atoms with Crippen molar-refractivity contribution in [2.75, 3.05) is 7.11 Å². The molecule has 1 aliphatic carbocycles. The number of amides is 1. The van der Waals surface area contributed by atoms with Crippen LogP contribution in [0.15, 0.2) is 11.6 Å². The van der Waals surface area contributed by atoms with Crippen LogP contribution >= 0.6 is 0 Å². The number of fused-ring (bicyclic) bond motifs is 1. The molecule has 0 spiro atoms. The summed E-state index contributed by atoms with van der Waals surface area (Å²) in [5.74, 6) is -0.240. The third-order valence-electron chi connectivity index (χ3n) is 4.40. The summed E-state index contributed by atoms with van der Waals surface area (Å²) in [6.45, 7) is 5.42. The van der Waals surface area contributed by atoms with E-state index in [0.29, 0.717) is 6.42 Å². The Bertz CT molecular complexity index is 556. The van der Waals surface area contributed by atoms with Crippen molar-refractivity contribution in [3.8, 4) is 6.07 Å². The number of nitrogens with zero attached hydrogens (tertiary/aromatic N) is 2. The number of esters is 1. The van der Waals surface area contributed by atoms with Gasteiger partial charge in [0, 0.05) is 12.1 Å². The van der Waals surface area contributed by atoms with Crippen molar-refractivity contribution in [2.45, 2.75) is 64.1 Å². The topological polar surface area (TPSA) is 79.6 Å². The predicted molar refractivity (Wildman–Crippen MR) is 83.3 cm³/mol.